The van der Waals surface area contributed by atoms with E-state index >= 15 is 0 Å². The summed E-state index contributed by atoms with van der Waals surface area (Å²) in [6.07, 6.45) is 2.22. The Labute approximate surface area is 126 Å². The molecule has 0 fully saturated rings. The number of hydrogen-bond donors (Lipinski definition) is 2. The van der Waals surface area contributed by atoms with Crippen LogP contribution in [-0.4, -0.2) is 38.3 Å². The highest BCUT2D eigenvalue weighted by Gasteiger charge is 2.09. The number of unbranched alkanes of at least 4 members (excludes halogenated alkanes) is 1. The van der Waals surface area contributed by atoms with Crippen molar-refractivity contribution in [2.45, 2.75) is 46.1 Å². The molecule has 0 aliphatic heterocycles. The Bertz CT molecular complexity index is 484. The molecular weight excluding hydrogens is 294 g/mol. The van der Waals surface area contributed by atoms with E-state index in [-0.39, 0.29) is 5.75 Å². The first-order valence-electron chi connectivity index (χ1n) is 7.01. The van der Waals surface area contributed by atoms with Gasteiger partial charge in [0.2, 0.25) is 10.0 Å². The monoisotopic (exact) mass is 319 g/mol. The summed E-state index contributed by atoms with van der Waals surface area (Å²) < 4.78 is 26.2. The van der Waals surface area contributed by atoms with Crippen LogP contribution in [-0.2, 0) is 16.4 Å². The lowest BCUT2D eigenvalue weighted by atomic mass is 10.3. The van der Waals surface area contributed by atoms with Crippen molar-refractivity contribution in [2.24, 2.45) is 0 Å². The van der Waals surface area contributed by atoms with Crippen LogP contribution in [0.4, 0.5) is 0 Å². The predicted molar refractivity (Wildman–Crippen MR) is 84.7 cm³/mol. The van der Waals surface area contributed by atoms with Crippen LogP contribution in [0, 0.1) is 6.92 Å². The molecule has 116 valence electrons. The molecule has 5 nitrogen and oxygen atoms in total. The smallest absolute Gasteiger partial charge is 0.211 e. The first kappa shape index (κ1) is 17.6. The van der Waals surface area contributed by atoms with E-state index in [0.717, 1.165) is 23.7 Å². The highest BCUT2D eigenvalue weighted by atomic mass is 32.2. The highest BCUT2D eigenvalue weighted by Crippen LogP contribution is 2.07. The molecule has 0 amide bonds. The number of thiazole rings is 1. The third kappa shape index (κ3) is 7.94. The highest BCUT2D eigenvalue weighted by molar-refractivity contribution is 7.89. The van der Waals surface area contributed by atoms with Crippen molar-refractivity contribution < 1.29 is 8.42 Å². The summed E-state index contributed by atoms with van der Waals surface area (Å²) in [4.78, 5) is 4.31. The fourth-order valence-electron chi connectivity index (χ4n) is 1.74. The van der Waals surface area contributed by atoms with Gasteiger partial charge in [-0.1, -0.05) is 13.8 Å². The molecule has 1 heterocycles. The quantitative estimate of drug-likeness (QED) is 0.644. The topological polar surface area (TPSA) is 71.1 Å². The van der Waals surface area contributed by atoms with Crippen LogP contribution in [0.2, 0.25) is 0 Å². The van der Waals surface area contributed by atoms with Crippen molar-refractivity contribution in [2.75, 3.05) is 18.8 Å². The molecule has 1 rings (SSSR count). The summed E-state index contributed by atoms with van der Waals surface area (Å²) in [6, 6.07) is 0.450. The summed E-state index contributed by atoms with van der Waals surface area (Å²) in [6.45, 7) is 7.40. The van der Waals surface area contributed by atoms with Gasteiger partial charge in [0.15, 0.2) is 0 Å². The van der Waals surface area contributed by atoms with Crippen LogP contribution >= 0.6 is 11.3 Å². The maximum atomic E-state index is 11.8. The van der Waals surface area contributed by atoms with Crippen LogP contribution in [0.5, 0.6) is 0 Å². The van der Waals surface area contributed by atoms with E-state index in [1.807, 2.05) is 12.3 Å². The Hall–Kier alpha value is -0.500. The zero-order valence-corrected chi connectivity index (χ0v) is 14.1. The molecule has 1 aromatic rings. The van der Waals surface area contributed by atoms with Crippen LogP contribution in [0.15, 0.2) is 5.38 Å². The Morgan fingerprint density at radius 1 is 1.30 bits per heavy atom. The van der Waals surface area contributed by atoms with E-state index in [0.29, 0.717) is 25.4 Å². The Morgan fingerprint density at radius 2 is 2.05 bits per heavy atom. The second-order valence-corrected chi connectivity index (χ2v) is 8.13. The summed E-state index contributed by atoms with van der Waals surface area (Å²) in [5, 5.41) is 6.26. The van der Waals surface area contributed by atoms with Gasteiger partial charge < -0.3 is 5.32 Å². The molecule has 0 atom stereocenters. The number of hydrogen-bond acceptors (Lipinski definition) is 5. The predicted octanol–water partition coefficient (Wildman–Crippen LogP) is 1.69. The second-order valence-electron chi connectivity index (χ2n) is 5.14. The molecule has 0 aliphatic rings. The Balaban J connectivity index is 2.14. The zero-order chi connectivity index (χ0) is 15.0. The SMILES string of the molecule is Cc1nc(CCNS(=O)(=O)CCCCNC(C)C)cs1. The molecule has 0 unspecified atom stereocenters. The van der Waals surface area contributed by atoms with E-state index in [4.69, 9.17) is 0 Å². The normalized spacial score (nSPS) is 12.2. The molecule has 0 saturated carbocycles. The molecule has 2 N–H and O–H groups in total. The molecule has 0 spiro atoms. The van der Waals surface area contributed by atoms with Crippen molar-refractivity contribution in [3.8, 4) is 0 Å². The second kappa shape index (κ2) is 8.71. The van der Waals surface area contributed by atoms with E-state index in [1.54, 1.807) is 11.3 Å². The van der Waals surface area contributed by atoms with Crippen molar-refractivity contribution in [1.82, 2.24) is 15.0 Å². The number of aromatic nitrogens is 1. The summed E-state index contributed by atoms with van der Waals surface area (Å²) >= 11 is 1.59. The minimum absolute atomic E-state index is 0.197. The van der Waals surface area contributed by atoms with Crippen molar-refractivity contribution in [3.05, 3.63) is 16.1 Å². The third-order valence-electron chi connectivity index (χ3n) is 2.76. The van der Waals surface area contributed by atoms with Gasteiger partial charge in [-0.3, -0.25) is 0 Å². The molecule has 0 bridgehead atoms. The lowest BCUT2D eigenvalue weighted by Crippen LogP contribution is -2.29. The Kier molecular flexibility index (Phi) is 7.65. The van der Waals surface area contributed by atoms with Crippen molar-refractivity contribution >= 4 is 21.4 Å². The van der Waals surface area contributed by atoms with Gasteiger partial charge in [0.05, 0.1) is 16.5 Å². The molecular formula is C13H25N3O2S2. The van der Waals surface area contributed by atoms with E-state index in [1.165, 1.54) is 0 Å². The lowest BCUT2D eigenvalue weighted by molar-refractivity contribution is 0.555. The minimum atomic E-state index is -3.15. The molecule has 0 aromatic carbocycles. The summed E-state index contributed by atoms with van der Waals surface area (Å²) in [5.74, 6) is 0.197. The first-order valence-corrected chi connectivity index (χ1v) is 9.54. The van der Waals surface area contributed by atoms with Gasteiger partial charge in [0.25, 0.3) is 0 Å². The van der Waals surface area contributed by atoms with Gasteiger partial charge >= 0.3 is 0 Å². The first-order chi connectivity index (χ1) is 9.39. The largest absolute Gasteiger partial charge is 0.315 e. The number of nitrogens with zero attached hydrogens (tertiary/aromatic N) is 1. The van der Waals surface area contributed by atoms with Gasteiger partial charge in [-0.2, -0.15) is 0 Å². The van der Waals surface area contributed by atoms with Crippen LogP contribution < -0.4 is 10.0 Å². The fraction of sp³-hybridized carbons (Fsp3) is 0.769. The zero-order valence-electron chi connectivity index (χ0n) is 12.5. The molecule has 7 heteroatoms. The fourth-order valence-corrected chi connectivity index (χ4v) is 3.53. The standard InChI is InChI=1S/C13H25N3O2S2/c1-11(2)14-7-4-5-9-20(17,18)15-8-6-13-10-19-12(3)16-13/h10-11,14-15H,4-9H2,1-3H3. The number of sulfonamides is 1. The Morgan fingerprint density at radius 3 is 2.65 bits per heavy atom. The van der Waals surface area contributed by atoms with Crippen LogP contribution in [0.25, 0.3) is 0 Å². The third-order valence-corrected chi connectivity index (χ3v) is 5.05. The van der Waals surface area contributed by atoms with Crippen molar-refractivity contribution in [1.29, 1.82) is 0 Å². The van der Waals surface area contributed by atoms with E-state index in [2.05, 4.69) is 28.9 Å². The summed E-state index contributed by atoms with van der Waals surface area (Å²) in [5.41, 5.74) is 0.955. The molecule has 20 heavy (non-hydrogen) atoms. The molecule has 0 radical (unpaired) electrons. The van der Waals surface area contributed by atoms with Crippen LogP contribution in [0.1, 0.15) is 37.4 Å². The number of nitrogens with one attached hydrogen (secondary N) is 2. The van der Waals surface area contributed by atoms with Gasteiger partial charge in [-0.15, -0.1) is 11.3 Å². The maximum Gasteiger partial charge on any atom is 0.211 e. The minimum Gasteiger partial charge on any atom is -0.315 e. The van der Waals surface area contributed by atoms with E-state index in [9.17, 15) is 8.42 Å². The van der Waals surface area contributed by atoms with Gasteiger partial charge in [-0.25, -0.2) is 18.1 Å². The number of aryl methyl sites for hydroxylation is 1. The average Bonchev–Trinajstić information content (AvgIpc) is 2.74. The molecule has 0 saturated heterocycles. The number of rotatable bonds is 10. The maximum absolute atomic E-state index is 11.8. The molecule has 1 aromatic heterocycles. The van der Waals surface area contributed by atoms with Crippen LogP contribution in [0.3, 0.4) is 0 Å². The summed E-state index contributed by atoms with van der Waals surface area (Å²) in [7, 11) is -3.15. The lowest BCUT2D eigenvalue weighted by Gasteiger charge is -2.08. The van der Waals surface area contributed by atoms with Gasteiger partial charge in [0, 0.05) is 24.4 Å². The average molecular weight is 319 g/mol. The van der Waals surface area contributed by atoms with Gasteiger partial charge in [0.1, 0.15) is 0 Å². The van der Waals surface area contributed by atoms with E-state index < -0.39 is 10.0 Å². The van der Waals surface area contributed by atoms with Gasteiger partial charge in [-0.05, 0) is 26.3 Å². The van der Waals surface area contributed by atoms with Crippen molar-refractivity contribution in [3.63, 3.8) is 0 Å². The molecule has 0 aliphatic carbocycles.